The molecule has 1 aliphatic heterocycles. The van der Waals surface area contributed by atoms with Crippen LogP contribution in [-0.2, 0) is 20.6 Å². The van der Waals surface area contributed by atoms with Gasteiger partial charge in [-0.2, -0.15) is 0 Å². The average Bonchev–Trinajstić information content (AvgIpc) is 3.19. The molecule has 0 saturated carbocycles. The van der Waals surface area contributed by atoms with Crippen molar-refractivity contribution in [3.05, 3.63) is 61.4 Å². The molecule has 10 heteroatoms. The predicted octanol–water partition coefficient (Wildman–Crippen LogP) is 15.8. The standard InChI is InChI=1S/C45H90O5Si5/c1-11-21-26-31-36-41-51(16-6)46-52(17-7,42-37-32-27-22-12-2)48-54(19-9,44-39-34-29-24-14-4)50-55(20-10,45-40-35-30-25-15-5)49-53(18-8,47-51)43-38-33-28-23-13-3/h16-20H,6-15,21-45H2,1-5H3. The highest BCUT2D eigenvalue weighted by molar-refractivity contribution is 6.99. The lowest BCUT2D eigenvalue weighted by Crippen LogP contribution is -2.68. The molecular weight excluding hydrogens is 761 g/mol. The van der Waals surface area contributed by atoms with Gasteiger partial charge in [0.05, 0.1) is 0 Å². The molecule has 1 saturated heterocycles. The van der Waals surface area contributed by atoms with Gasteiger partial charge in [0.15, 0.2) is 0 Å². The van der Waals surface area contributed by atoms with E-state index >= 15 is 0 Å². The summed E-state index contributed by atoms with van der Waals surface area (Å²) in [5, 5.41) is 0. The van der Waals surface area contributed by atoms with E-state index in [1.165, 1.54) is 96.3 Å². The van der Waals surface area contributed by atoms with Gasteiger partial charge in [-0.25, -0.2) is 0 Å². The monoisotopic (exact) mass is 851 g/mol. The van der Waals surface area contributed by atoms with Gasteiger partial charge in [0, 0.05) is 0 Å². The maximum atomic E-state index is 7.75. The van der Waals surface area contributed by atoms with E-state index in [9.17, 15) is 0 Å². The third-order valence-corrected chi connectivity index (χ3v) is 33.6. The molecule has 0 spiro atoms. The SMILES string of the molecule is C=C[Si]1(CCCCCCC)O[Si](C=C)(CCCCCCC)O[Si](C=C)(CCCCCCC)O[Si](C=C)(CCCCCCC)O[Si](C=C)(CCCCCCC)O1. The summed E-state index contributed by atoms with van der Waals surface area (Å²) in [4.78, 5) is 0. The highest BCUT2D eigenvalue weighted by atomic mass is 28.5. The zero-order chi connectivity index (χ0) is 40.8. The van der Waals surface area contributed by atoms with Crippen LogP contribution in [0, 0.1) is 0 Å². The van der Waals surface area contributed by atoms with Crippen molar-refractivity contribution in [2.24, 2.45) is 0 Å². The topological polar surface area (TPSA) is 46.2 Å². The summed E-state index contributed by atoms with van der Waals surface area (Å²) in [5.74, 6) is 0. The van der Waals surface area contributed by atoms with Gasteiger partial charge in [0.1, 0.15) is 0 Å². The van der Waals surface area contributed by atoms with Crippen LogP contribution < -0.4 is 0 Å². The third-order valence-electron chi connectivity index (χ3n) is 11.4. The van der Waals surface area contributed by atoms with E-state index in [4.69, 9.17) is 20.6 Å². The molecule has 0 N–H and O–H groups in total. The zero-order valence-electron chi connectivity index (χ0n) is 37.2. The van der Waals surface area contributed by atoms with E-state index in [1.807, 2.05) is 0 Å². The summed E-state index contributed by atoms with van der Waals surface area (Å²) < 4.78 is 38.7. The van der Waals surface area contributed by atoms with Crippen molar-refractivity contribution < 1.29 is 20.6 Å². The first-order valence-electron chi connectivity index (χ1n) is 23.3. The first-order chi connectivity index (χ1) is 26.6. The van der Waals surface area contributed by atoms with Crippen molar-refractivity contribution in [3.63, 3.8) is 0 Å². The zero-order valence-corrected chi connectivity index (χ0v) is 42.2. The van der Waals surface area contributed by atoms with Crippen molar-refractivity contribution in [2.75, 3.05) is 0 Å². The Morgan fingerprint density at radius 3 is 0.527 bits per heavy atom. The fourth-order valence-electron chi connectivity index (χ4n) is 7.88. The molecule has 0 radical (unpaired) electrons. The second kappa shape index (κ2) is 30.6. The van der Waals surface area contributed by atoms with Gasteiger partial charge >= 0.3 is 42.8 Å². The van der Waals surface area contributed by atoms with E-state index < -0.39 is 42.8 Å². The summed E-state index contributed by atoms with van der Waals surface area (Å²) >= 11 is 0. The van der Waals surface area contributed by atoms with Gasteiger partial charge in [-0.15, -0.1) is 32.9 Å². The molecule has 1 heterocycles. The molecule has 1 aliphatic rings. The summed E-state index contributed by atoms with van der Waals surface area (Å²) in [6.45, 7) is 34.1. The molecule has 0 aromatic heterocycles. The maximum Gasteiger partial charge on any atom is 0.347 e. The Hall–Kier alpha value is -0.416. The Morgan fingerprint density at radius 1 is 0.255 bits per heavy atom. The summed E-state index contributed by atoms with van der Waals surface area (Å²) in [6, 6.07) is 4.19. The minimum atomic E-state index is -3.15. The van der Waals surface area contributed by atoms with E-state index in [0.717, 1.165) is 94.4 Å². The van der Waals surface area contributed by atoms with E-state index in [0.29, 0.717) is 0 Å². The normalized spacial score (nSPS) is 27.4. The van der Waals surface area contributed by atoms with Crippen LogP contribution in [0.4, 0.5) is 0 Å². The molecule has 1 rings (SSSR count). The molecule has 320 valence electrons. The fraction of sp³-hybridized carbons (Fsp3) is 0.778. The van der Waals surface area contributed by atoms with Gasteiger partial charge in [0.2, 0.25) is 0 Å². The second-order valence-corrected chi connectivity index (χ2v) is 33.2. The molecule has 5 nitrogen and oxygen atoms in total. The Kier molecular flexibility index (Phi) is 29.3. The van der Waals surface area contributed by atoms with Crippen molar-refractivity contribution in [1.29, 1.82) is 0 Å². The van der Waals surface area contributed by atoms with Crippen LogP contribution in [0.15, 0.2) is 61.4 Å². The number of unbranched alkanes of at least 4 members (excludes halogenated alkanes) is 20. The average molecular weight is 852 g/mol. The Labute approximate surface area is 348 Å². The van der Waals surface area contributed by atoms with Gasteiger partial charge in [-0.05, 0) is 30.2 Å². The van der Waals surface area contributed by atoms with Crippen LogP contribution in [0.2, 0.25) is 30.2 Å². The minimum absolute atomic E-state index is 0.837. The highest BCUT2D eigenvalue weighted by Gasteiger charge is 2.59. The summed E-state index contributed by atoms with van der Waals surface area (Å²) in [6.07, 6.45) is 29.4. The molecule has 0 atom stereocenters. The minimum Gasteiger partial charge on any atom is -0.409 e. The second-order valence-electron chi connectivity index (χ2n) is 16.4. The lowest BCUT2D eigenvalue weighted by molar-refractivity contribution is 0.232. The molecule has 0 aromatic carbocycles. The first-order valence-corrected chi connectivity index (χ1v) is 33.8. The lowest BCUT2D eigenvalue weighted by Gasteiger charge is -2.51. The van der Waals surface area contributed by atoms with Crippen molar-refractivity contribution in [3.8, 4) is 0 Å². The van der Waals surface area contributed by atoms with Crippen molar-refractivity contribution >= 4 is 42.8 Å². The molecule has 0 unspecified atom stereocenters. The molecule has 55 heavy (non-hydrogen) atoms. The molecular formula is C45H90O5Si5. The predicted molar refractivity (Wildman–Crippen MR) is 253 cm³/mol. The van der Waals surface area contributed by atoms with Crippen LogP contribution in [0.1, 0.15) is 195 Å². The Balaban J connectivity index is 4.07. The number of hydrogen-bond acceptors (Lipinski definition) is 5. The first kappa shape index (κ1) is 52.6. The van der Waals surface area contributed by atoms with Crippen LogP contribution in [0.25, 0.3) is 0 Å². The van der Waals surface area contributed by atoms with E-state index in [-0.39, 0.29) is 0 Å². The van der Waals surface area contributed by atoms with Crippen LogP contribution in [0.5, 0.6) is 0 Å². The van der Waals surface area contributed by atoms with E-state index in [1.54, 1.807) is 0 Å². The van der Waals surface area contributed by atoms with Gasteiger partial charge in [-0.1, -0.05) is 224 Å². The maximum absolute atomic E-state index is 7.75. The lowest BCUT2D eigenvalue weighted by atomic mass is 10.2. The Bertz CT molecular complexity index is 843. The van der Waals surface area contributed by atoms with Gasteiger partial charge < -0.3 is 20.6 Å². The van der Waals surface area contributed by atoms with Crippen LogP contribution >= 0.6 is 0 Å². The third kappa shape index (κ3) is 19.9. The fourth-order valence-corrected chi connectivity index (χ4v) is 34.4. The molecule has 0 aromatic rings. The molecule has 1 fully saturated rings. The van der Waals surface area contributed by atoms with Crippen molar-refractivity contribution in [1.82, 2.24) is 0 Å². The number of hydrogen-bond donors (Lipinski definition) is 0. The smallest absolute Gasteiger partial charge is 0.347 e. The summed E-state index contributed by atoms with van der Waals surface area (Å²) in [7, 11) is -15.8. The van der Waals surface area contributed by atoms with Gasteiger partial charge in [-0.3, -0.25) is 0 Å². The van der Waals surface area contributed by atoms with Crippen LogP contribution in [-0.4, -0.2) is 42.8 Å². The molecule has 0 bridgehead atoms. The quantitative estimate of drug-likeness (QED) is 0.0470. The van der Waals surface area contributed by atoms with Crippen LogP contribution in [0.3, 0.4) is 0 Å². The summed E-state index contributed by atoms with van der Waals surface area (Å²) in [5.41, 5.74) is 10.4. The van der Waals surface area contributed by atoms with Gasteiger partial charge in [0.25, 0.3) is 0 Å². The largest absolute Gasteiger partial charge is 0.409 e. The van der Waals surface area contributed by atoms with Crippen molar-refractivity contribution in [2.45, 2.75) is 225 Å². The molecule has 0 amide bonds. The molecule has 0 aliphatic carbocycles. The highest BCUT2D eigenvalue weighted by Crippen LogP contribution is 2.42. The number of rotatable bonds is 35. The van der Waals surface area contributed by atoms with E-state index in [2.05, 4.69) is 96.0 Å². The Morgan fingerprint density at radius 2 is 0.400 bits per heavy atom.